The van der Waals surface area contributed by atoms with Crippen LogP contribution < -0.4 is 9.46 Å². The minimum Gasteiger partial charge on any atom is -0.437 e. The van der Waals surface area contributed by atoms with Crippen molar-refractivity contribution in [3.05, 3.63) is 66.2 Å². The van der Waals surface area contributed by atoms with Gasteiger partial charge in [0.15, 0.2) is 0 Å². The molecule has 1 aromatic heterocycles. The Balaban J connectivity index is 0.00000145. The van der Waals surface area contributed by atoms with Crippen LogP contribution in [0, 0.1) is 5.82 Å². The molecule has 0 saturated heterocycles. The number of benzene rings is 2. The van der Waals surface area contributed by atoms with Crippen molar-refractivity contribution in [1.82, 2.24) is 9.97 Å². The van der Waals surface area contributed by atoms with Crippen LogP contribution in [-0.4, -0.2) is 16.2 Å². The summed E-state index contributed by atoms with van der Waals surface area (Å²) in [4.78, 5) is 8.22. The van der Waals surface area contributed by atoms with Gasteiger partial charge in [-0.1, -0.05) is 31.9 Å². The van der Waals surface area contributed by atoms with E-state index < -0.39 is 17.6 Å². The minimum absolute atomic E-state index is 0.0576. The summed E-state index contributed by atoms with van der Waals surface area (Å²) < 4.78 is 60.5. The summed E-state index contributed by atoms with van der Waals surface area (Å²) in [5.41, 5.74) is 0.231. The van der Waals surface area contributed by atoms with Crippen LogP contribution in [0.4, 0.5) is 23.2 Å². The lowest BCUT2D eigenvalue weighted by molar-refractivity contribution is -0.137. The number of hydrogen-bond donors (Lipinski definition) is 1. The molecule has 0 amide bonds. The summed E-state index contributed by atoms with van der Waals surface area (Å²) in [7, 11) is 0. The van der Waals surface area contributed by atoms with Gasteiger partial charge in [0.25, 0.3) is 0 Å². The Morgan fingerprint density at radius 3 is 2.21 bits per heavy atom. The number of aromatic nitrogens is 2. The Bertz CT molecular complexity index is 934. The maximum atomic E-state index is 14.2. The smallest absolute Gasteiger partial charge is 0.416 e. The maximum Gasteiger partial charge on any atom is 0.416 e. The summed E-state index contributed by atoms with van der Waals surface area (Å²) in [5.74, 6) is -0.263. The zero-order chi connectivity index (χ0) is 21.4. The van der Waals surface area contributed by atoms with Crippen LogP contribution in [0.15, 0.2) is 54.9 Å². The van der Waals surface area contributed by atoms with Gasteiger partial charge in [-0.05, 0) is 36.4 Å². The average molecular weight is 425 g/mol. The molecule has 29 heavy (non-hydrogen) atoms. The largest absolute Gasteiger partial charge is 0.437 e. The molecule has 9 heteroatoms. The molecular formula is C20H19F4N3OS. The van der Waals surface area contributed by atoms with Gasteiger partial charge in [-0.15, -0.1) is 0 Å². The van der Waals surface area contributed by atoms with Gasteiger partial charge in [-0.25, -0.2) is 14.4 Å². The molecule has 0 fully saturated rings. The lowest BCUT2D eigenvalue weighted by Crippen LogP contribution is -2.04. The van der Waals surface area contributed by atoms with Gasteiger partial charge in [-0.2, -0.15) is 13.2 Å². The molecular weight excluding hydrogens is 406 g/mol. The Morgan fingerprint density at radius 2 is 1.62 bits per heavy atom. The maximum absolute atomic E-state index is 14.2. The zero-order valence-electron chi connectivity index (χ0n) is 15.9. The molecule has 1 N–H and O–H groups in total. The first-order valence-corrected chi connectivity index (χ1v) is 9.86. The van der Waals surface area contributed by atoms with E-state index in [2.05, 4.69) is 14.7 Å². The van der Waals surface area contributed by atoms with Crippen LogP contribution in [0.2, 0.25) is 0 Å². The average Bonchev–Trinajstić information content (AvgIpc) is 2.71. The predicted molar refractivity (Wildman–Crippen MR) is 107 cm³/mol. The highest BCUT2D eigenvalue weighted by Crippen LogP contribution is 2.34. The van der Waals surface area contributed by atoms with Gasteiger partial charge in [0.1, 0.15) is 17.3 Å². The molecule has 0 bridgehead atoms. The number of anilines is 1. The molecule has 0 spiro atoms. The quantitative estimate of drug-likeness (QED) is 0.359. The normalized spacial score (nSPS) is 10.7. The fourth-order valence-electron chi connectivity index (χ4n) is 2.28. The summed E-state index contributed by atoms with van der Waals surface area (Å²) in [5, 5.41) is 0. The predicted octanol–water partition coefficient (Wildman–Crippen LogP) is 6.81. The molecule has 0 saturated carbocycles. The van der Waals surface area contributed by atoms with Crippen LogP contribution in [0.5, 0.6) is 11.6 Å². The highest BCUT2D eigenvalue weighted by molar-refractivity contribution is 7.99. The molecule has 4 nitrogen and oxygen atoms in total. The highest BCUT2D eigenvalue weighted by Gasteiger charge is 2.30. The van der Waals surface area contributed by atoms with Gasteiger partial charge >= 0.3 is 6.18 Å². The molecule has 3 aromatic rings. The van der Waals surface area contributed by atoms with Gasteiger partial charge in [0, 0.05) is 24.2 Å². The standard InChI is InChI=1S/C18H13F4N3OS.C2H6/c1-27-25-15-7-2-11(10-14(15)19)16-17(24-9-8-23-16)26-13-5-3-12(4-6-13)18(20,21)22;1-2/h2-10,25H,1H3;1-2H3. The van der Waals surface area contributed by atoms with Crippen molar-refractivity contribution in [3.8, 4) is 22.9 Å². The first kappa shape index (κ1) is 22.5. The molecule has 1 heterocycles. The van der Waals surface area contributed by atoms with Crippen molar-refractivity contribution in [2.75, 3.05) is 11.0 Å². The molecule has 0 aliphatic rings. The Labute approximate surface area is 170 Å². The van der Waals surface area contributed by atoms with Crippen molar-refractivity contribution < 1.29 is 22.3 Å². The number of ether oxygens (including phenoxy) is 1. The van der Waals surface area contributed by atoms with Crippen molar-refractivity contribution in [1.29, 1.82) is 0 Å². The second kappa shape index (κ2) is 10.1. The van der Waals surface area contributed by atoms with E-state index in [1.807, 2.05) is 13.8 Å². The second-order valence-corrected chi connectivity index (χ2v) is 5.95. The lowest BCUT2D eigenvalue weighted by atomic mass is 10.1. The lowest BCUT2D eigenvalue weighted by Gasteiger charge is -2.11. The Morgan fingerprint density at radius 1 is 0.966 bits per heavy atom. The van der Waals surface area contributed by atoms with Gasteiger partial charge in [0.2, 0.25) is 5.88 Å². The van der Waals surface area contributed by atoms with E-state index >= 15 is 0 Å². The van der Waals surface area contributed by atoms with E-state index in [0.717, 1.165) is 12.1 Å². The molecule has 0 aliphatic carbocycles. The van der Waals surface area contributed by atoms with Crippen LogP contribution in [0.25, 0.3) is 11.3 Å². The van der Waals surface area contributed by atoms with Crippen molar-refractivity contribution in [2.24, 2.45) is 0 Å². The van der Waals surface area contributed by atoms with Crippen LogP contribution in [-0.2, 0) is 6.18 Å². The topological polar surface area (TPSA) is 47.0 Å². The third-order valence-corrected chi connectivity index (χ3v) is 3.94. The molecule has 3 rings (SSSR count). The van der Waals surface area contributed by atoms with Crippen LogP contribution >= 0.6 is 11.9 Å². The summed E-state index contributed by atoms with van der Waals surface area (Å²) in [6.45, 7) is 4.00. The monoisotopic (exact) mass is 425 g/mol. The summed E-state index contributed by atoms with van der Waals surface area (Å²) in [6.07, 6.45) is 0.135. The molecule has 0 unspecified atom stereocenters. The van der Waals surface area contributed by atoms with E-state index in [1.54, 1.807) is 18.4 Å². The van der Waals surface area contributed by atoms with E-state index in [0.29, 0.717) is 11.3 Å². The van der Waals surface area contributed by atoms with Gasteiger partial charge < -0.3 is 9.46 Å². The van der Waals surface area contributed by atoms with E-state index in [1.165, 1.54) is 42.5 Å². The highest BCUT2D eigenvalue weighted by atomic mass is 32.2. The number of nitrogens with one attached hydrogen (secondary N) is 1. The van der Waals surface area contributed by atoms with Crippen molar-refractivity contribution >= 4 is 17.6 Å². The molecule has 0 aliphatic heterocycles. The molecule has 154 valence electrons. The molecule has 2 aromatic carbocycles. The summed E-state index contributed by atoms with van der Waals surface area (Å²) >= 11 is 1.26. The number of rotatable bonds is 5. The minimum atomic E-state index is -4.43. The van der Waals surface area contributed by atoms with E-state index in [-0.39, 0.29) is 17.3 Å². The third kappa shape index (κ3) is 5.83. The number of alkyl halides is 3. The molecule has 0 atom stereocenters. The van der Waals surface area contributed by atoms with Crippen LogP contribution in [0.3, 0.4) is 0 Å². The molecule has 0 radical (unpaired) electrons. The second-order valence-electron chi connectivity index (χ2n) is 5.34. The van der Waals surface area contributed by atoms with Crippen LogP contribution in [0.1, 0.15) is 19.4 Å². The fraction of sp³-hybridized carbons (Fsp3) is 0.200. The van der Waals surface area contributed by atoms with E-state index in [4.69, 9.17) is 4.74 Å². The number of nitrogens with zero attached hydrogens (tertiary/aromatic N) is 2. The SMILES string of the molecule is CC.CSNc1ccc(-c2nccnc2Oc2ccc(C(F)(F)F)cc2)cc1F. The number of halogens is 4. The van der Waals surface area contributed by atoms with Gasteiger partial charge in [-0.3, -0.25) is 0 Å². The van der Waals surface area contributed by atoms with Crippen molar-refractivity contribution in [2.45, 2.75) is 20.0 Å². The zero-order valence-corrected chi connectivity index (χ0v) is 16.7. The van der Waals surface area contributed by atoms with E-state index in [9.17, 15) is 17.6 Å². The Kier molecular flexibility index (Phi) is 7.83. The fourth-order valence-corrected chi connectivity index (χ4v) is 2.66. The first-order chi connectivity index (χ1) is 13.9. The first-order valence-electron chi connectivity index (χ1n) is 8.63. The number of hydrogen-bond acceptors (Lipinski definition) is 5. The third-order valence-electron chi connectivity index (χ3n) is 3.52. The summed E-state index contributed by atoms with van der Waals surface area (Å²) in [6, 6.07) is 8.67. The Hall–Kier alpha value is -2.81. The van der Waals surface area contributed by atoms with Gasteiger partial charge in [0.05, 0.1) is 11.3 Å². The van der Waals surface area contributed by atoms with Crippen molar-refractivity contribution in [3.63, 3.8) is 0 Å².